The molecule has 10 nitrogen and oxygen atoms in total. The number of amides is 1. The van der Waals surface area contributed by atoms with Crippen LogP contribution < -0.4 is 10.1 Å². The molecule has 0 saturated heterocycles. The number of methoxy groups -OCH3 is 1. The van der Waals surface area contributed by atoms with Gasteiger partial charge in [-0.3, -0.25) is 0 Å². The summed E-state index contributed by atoms with van der Waals surface area (Å²) in [4.78, 5) is 37.3. The van der Waals surface area contributed by atoms with Gasteiger partial charge in [0, 0.05) is 6.42 Å². The fourth-order valence-corrected chi connectivity index (χ4v) is 1.76. The minimum Gasteiger partial charge on any atom is -0.486 e. The van der Waals surface area contributed by atoms with Gasteiger partial charge in [0.25, 0.3) is 0 Å². The van der Waals surface area contributed by atoms with Gasteiger partial charge in [-0.1, -0.05) is 0 Å². The van der Waals surface area contributed by atoms with E-state index in [9.17, 15) is 19.7 Å². The predicted molar refractivity (Wildman–Crippen MR) is 86.2 cm³/mol. The molecule has 10 heteroatoms. The molecule has 0 unspecified atom stereocenters. The van der Waals surface area contributed by atoms with Crippen molar-refractivity contribution in [3.8, 4) is 5.75 Å². The first-order valence-corrected chi connectivity index (χ1v) is 7.43. The maximum atomic E-state index is 11.8. The smallest absolute Gasteiger partial charge is 0.408 e. The van der Waals surface area contributed by atoms with E-state index in [1.54, 1.807) is 20.8 Å². The van der Waals surface area contributed by atoms with Gasteiger partial charge in [-0.25, -0.2) is 9.59 Å². The molecule has 1 atom stereocenters. The quantitative estimate of drug-likeness (QED) is 0.445. The molecule has 0 aliphatic heterocycles. The Balaban J connectivity index is 2.67. The molecule has 0 radical (unpaired) electrons. The van der Waals surface area contributed by atoms with Crippen molar-refractivity contribution in [1.82, 2.24) is 10.3 Å². The van der Waals surface area contributed by atoms with E-state index in [2.05, 4.69) is 15.0 Å². The summed E-state index contributed by atoms with van der Waals surface area (Å²) < 4.78 is 15.0. The highest BCUT2D eigenvalue weighted by Crippen LogP contribution is 2.23. The Morgan fingerprint density at radius 2 is 2.08 bits per heavy atom. The number of hydrogen-bond donors (Lipinski definition) is 1. The Morgan fingerprint density at radius 3 is 2.64 bits per heavy atom. The van der Waals surface area contributed by atoms with Gasteiger partial charge >= 0.3 is 17.9 Å². The Labute approximate surface area is 144 Å². The van der Waals surface area contributed by atoms with Crippen LogP contribution in [0.3, 0.4) is 0 Å². The van der Waals surface area contributed by atoms with Crippen LogP contribution in [0.25, 0.3) is 0 Å². The van der Waals surface area contributed by atoms with Crippen LogP contribution in [-0.2, 0) is 14.3 Å². The maximum absolute atomic E-state index is 11.8. The summed E-state index contributed by atoms with van der Waals surface area (Å²) in [6.07, 6.45) is 0.514. The Morgan fingerprint density at radius 1 is 1.40 bits per heavy atom. The highest BCUT2D eigenvalue weighted by atomic mass is 16.6. The summed E-state index contributed by atoms with van der Waals surface area (Å²) in [7, 11) is 1.18. The zero-order valence-electron chi connectivity index (χ0n) is 14.5. The second-order valence-electron chi connectivity index (χ2n) is 5.94. The molecule has 0 aliphatic carbocycles. The van der Waals surface area contributed by atoms with E-state index >= 15 is 0 Å². The van der Waals surface area contributed by atoms with Crippen molar-refractivity contribution in [3.63, 3.8) is 0 Å². The molecule has 1 rings (SSSR count). The molecule has 0 bridgehead atoms. The van der Waals surface area contributed by atoms with Crippen molar-refractivity contribution in [3.05, 3.63) is 28.4 Å². The van der Waals surface area contributed by atoms with Crippen LogP contribution in [0.15, 0.2) is 18.3 Å². The van der Waals surface area contributed by atoms with Gasteiger partial charge in [-0.05, 0) is 42.8 Å². The first-order chi connectivity index (χ1) is 11.6. The first kappa shape index (κ1) is 20.1. The van der Waals surface area contributed by atoms with Crippen LogP contribution in [0.2, 0.25) is 0 Å². The fraction of sp³-hybridized carbons (Fsp3) is 0.533. The summed E-state index contributed by atoms with van der Waals surface area (Å²) in [5.74, 6) is -1.15. The van der Waals surface area contributed by atoms with Crippen molar-refractivity contribution in [2.45, 2.75) is 38.8 Å². The number of ether oxygens (including phenoxy) is 3. The number of nitrogens with one attached hydrogen (secondary N) is 1. The minimum absolute atomic E-state index is 0.0258. The molecule has 1 amide bonds. The Kier molecular flexibility index (Phi) is 7.09. The van der Waals surface area contributed by atoms with E-state index in [1.165, 1.54) is 25.4 Å². The van der Waals surface area contributed by atoms with Crippen LogP contribution in [0.4, 0.5) is 10.6 Å². The molecule has 1 heterocycles. The first-order valence-electron chi connectivity index (χ1n) is 7.43. The number of nitro groups is 1. The molecule has 0 spiro atoms. The molecule has 0 aromatic carbocycles. The largest absolute Gasteiger partial charge is 0.486 e. The second-order valence-corrected chi connectivity index (χ2v) is 5.94. The van der Waals surface area contributed by atoms with E-state index < -0.39 is 34.4 Å². The molecule has 0 fully saturated rings. The Bertz CT molecular complexity index is 628. The summed E-state index contributed by atoms with van der Waals surface area (Å²) in [6.45, 7) is 4.97. The van der Waals surface area contributed by atoms with E-state index in [4.69, 9.17) is 9.47 Å². The van der Waals surface area contributed by atoms with Gasteiger partial charge in [0.15, 0.2) is 0 Å². The van der Waals surface area contributed by atoms with E-state index in [-0.39, 0.29) is 18.8 Å². The number of carbonyl (C=O) groups excluding carboxylic acids is 2. The number of rotatable bonds is 7. The van der Waals surface area contributed by atoms with Crippen LogP contribution in [0.1, 0.15) is 27.2 Å². The van der Waals surface area contributed by atoms with Gasteiger partial charge in [-0.2, -0.15) is 0 Å². The number of aromatic nitrogens is 1. The zero-order valence-corrected chi connectivity index (χ0v) is 14.5. The number of nitrogens with zero attached hydrogens (tertiary/aromatic N) is 2. The lowest BCUT2D eigenvalue weighted by Gasteiger charge is -2.22. The number of hydrogen-bond acceptors (Lipinski definition) is 8. The highest BCUT2D eigenvalue weighted by Gasteiger charge is 2.25. The van der Waals surface area contributed by atoms with Gasteiger partial charge in [-0.15, -0.1) is 0 Å². The second kappa shape index (κ2) is 8.81. The van der Waals surface area contributed by atoms with Crippen molar-refractivity contribution < 1.29 is 28.7 Å². The number of pyridine rings is 1. The standard InChI is InChI=1S/C15H21N3O7/c1-15(2,3)25-14(20)17-10(13(19)23-4)7-9-24-11-6-5-8-16-12(11)18(21)22/h5-6,8,10H,7,9H2,1-4H3,(H,17,20)/t10-/m0/s1. The average molecular weight is 355 g/mol. The van der Waals surface area contributed by atoms with E-state index in [0.717, 1.165) is 0 Å². The minimum atomic E-state index is -1.02. The molecular formula is C15H21N3O7. The number of alkyl carbamates (subject to hydrolysis) is 1. The van der Waals surface area contributed by atoms with Gasteiger partial charge in [0.1, 0.15) is 17.8 Å². The molecular weight excluding hydrogens is 334 g/mol. The van der Waals surface area contributed by atoms with Crippen molar-refractivity contribution in [1.29, 1.82) is 0 Å². The van der Waals surface area contributed by atoms with Crippen LogP contribution in [-0.4, -0.2) is 47.3 Å². The third kappa shape index (κ3) is 7.02. The number of esters is 1. The molecule has 1 aromatic heterocycles. The fourth-order valence-electron chi connectivity index (χ4n) is 1.76. The lowest BCUT2D eigenvalue weighted by molar-refractivity contribution is -0.390. The van der Waals surface area contributed by atoms with E-state index in [0.29, 0.717) is 0 Å². The van der Waals surface area contributed by atoms with Crippen LogP contribution >= 0.6 is 0 Å². The van der Waals surface area contributed by atoms with Crippen molar-refractivity contribution in [2.75, 3.05) is 13.7 Å². The average Bonchev–Trinajstić information content (AvgIpc) is 2.51. The van der Waals surface area contributed by atoms with Gasteiger partial charge < -0.3 is 29.6 Å². The number of carbonyl (C=O) groups is 2. The summed E-state index contributed by atoms with van der Waals surface area (Å²) in [6, 6.07) is 1.86. The molecule has 0 saturated carbocycles. The lowest BCUT2D eigenvalue weighted by atomic mass is 10.2. The normalized spacial score (nSPS) is 12.0. The molecule has 0 aliphatic rings. The maximum Gasteiger partial charge on any atom is 0.408 e. The van der Waals surface area contributed by atoms with Crippen molar-refractivity contribution in [2.24, 2.45) is 0 Å². The topological polar surface area (TPSA) is 130 Å². The van der Waals surface area contributed by atoms with Crippen LogP contribution in [0.5, 0.6) is 5.75 Å². The molecule has 25 heavy (non-hydrogen) atoms. The lowest BCUT2D eigenvalue weighted by Crippen LogP contribution is -2.44. The zero-order chi connectivity index (χ0) is 19.0. The van der Waals surface area contributed by atoms with Gasteiger partial charge in [0.05, 0.1) is 13.7 Å². The summed E-state index contributed by atoms with van der Waals surface area (Å²) in [5.41, 5.74) is -0.725. The predicted octanol–water partition coefficient (Wildman–Crippen LogP) is 1.82. The Hall–Kier alpha value is -2.91. The third-order valence-electron chi connectivity index (χ3n) is 2.76. The third-order valence-corrected chi connectivity index (χ3v) is 2.76. The van der Waals surface area contributed by atoms with E-state index in [1.807, 2.05) is 0 Å². The monoisotopic (exact) mass is 355 g/mol. The highest BCUT2D eigenvalue weighted by molar-refractivity contribution is 5.81. The summed E-state index contributed by atoms with van der Waals surface area (Å²) >= 11 is 0. The summed E-state index contributed by atoms with van der Waals surface area (Å²) in [5, 5.41) is 13.2. The SMILES string of the molecule is COC(=O)[C@H](CCOc1cccnc1[N+](=O)[O-])NC(=O)OC(C)(C)C. The molecule has 138 valence electrons. The molecule has 1 N–H and O–H groups in total. The van der Waals surface area contributed by atoms with Crippen molar-refractivity contribution >= 4 is 17.9 Å². The van der Waals surface area contributed by atoms with Gasteiger partial charge in [0.2, 0.25) is 5.75 Å². The molecule has 1 aromatic rings. The van der Waals surface area contributed by atoms with Crippen LogP contribution in [0, 0.1) is 10.1 Å².